The second kappa shape index (κ2) is 9.17. The zero-order valence-electron chi connectivity index (χ0n) is 17.7. The van der Waals surface area contributed by atoms with Gasteiger partial charge in [-0.15, -0.1) is 0 Å². The van der Waals surface area contributed by atoms with E-state index in [9.17, 15) is 0 Å². The van der Waals surface area contributed by atoms with Gasteiger partial charge in [0.15, 0.2) is 11.5 Å². The van der Waals surface area contributed by atoms with Gasteiger partial charge in [0.2, 0.25) is 5.95 Å². The summed E-state index contributed by atoms with van der Waals surface area (Å²) in [6.07, 6.45) is 3.64. The molecule has 6 nitrogen and oxygen atoms in total. The van der Waals surface area contributed by atoms with E-state index in [0.717, 1.165) is 22.4 Å². The summed E-state index contributed by atoms with van der Waals surface area (Å²) < 4.78 is 13.5. The van der Waals surface area contributed by atoms with Crippen LogP contribution in [-0.4, -0.2) is 21.9 Å². The fraction of sp³-hybridized carbons (Fsp3) is 0.120. The Hall–Kier alpha value is -3.48. The van der Waals surface area contributed by atoms with Crippen LogP contribution in [0, 0.1) is 0 Å². The maximum Gasteiger partial charge on any atom is 0.226 e. The number of rotatable bonds is 6. The largest absolute Gasteiger partial charge is 0.493 e. The van der Waals surface area contributed by atoms with E-state index in [1.807, 2.05) is 71.4 Å². The van der Waals surface area contributed by atoms with Crippen LogP contribution in [0.25, 0.3) is 5.70 Å². The van der Waals surface area contributed by atoms with Gasteiger partial charge in [-0.05, 0) is 59.2 Å². The molecular formula is C25H20Cl2N4O2. The number of aromatic nitrogens is 3. The van der Waals surface area contributed by atoms with Gasteiger partial charge in [0.1, 0.15) is 19.0 Å². The van der Waals surface area contributed by atoms with E-state index in [1.54, 1.807) is 7.11 Å². The summed E-state index contributed by atoms with van der Waals surface area (Å²) in [5.41, 5.74) is 3.95. The second-order valence-corrected chi connectivity index (χ2v) is 8.38. The molecule has 2 heterocycles. The van der Waals surface area contributed by atoms with Gasteiger partial charge in [0.05, 0.1) is 7.11 Å². The molecule has 0 saturated heterocycles. The van der Waals surface area contributed by atoms with Crippen LogP contribution in [0.15, 0.2) is 79.1 Å². The number of benzene rings is 3. The molecule has 0 unspecified atom stereocenters. The molecule has 0 bridgehead atoms. The first-order chi connectivity index (χ1) is 16.1. The number of methoxy groups -OCH3 is 1. The number of allylic oxidation sites excluding steroid dienone is 1. The third-order valence-corrected chi connectivity index (χ3v) is 5.90. The molecule has 0 saturated carbocycles. The van der Waals surface area contributed by atoms with Crippen LogP contribution in [0.4, 0.5) is 5.95 Å². The quantitative estimate of drug-likeness (QED) is 0.355. The molecule has 0 aliphatic carbocycles. The van der Waals surface area contributed by atoms with Crippen LogP contribution in [0.5, 0.6) is 11.5 Å². The molecule has 1 aliphatic heterocycles. The highest BCUT2D eigenvalue weighted by molar-refractivity contribution is 6.30. The number of ether oxygens (including phenoxy) is 2. The molecule has 8 heteroatoms. The highest BCUT2D eigenvalue weighted by atomic mass is 35.5. The van der Waals surface area contributed by atoms with Crippen molar-refractivity contribution in [2.75, 3.05) is 12.4 Å². The third-order valence-electron chi connectivity index (χ3n) is 5.40. The lowest BCUT2D eigenvalue weighted by Crippen LogP contribution is -2.20. The first kappa shape index (κ1) is 21.4. The average Bonchev–Trinajstić information content (AvgIpc) is 3.32. The molecule has 3 aromatic carbocycles. The maximum absolute atomic E-state index is 6.06. The molecule has 1 aromatic heterocycles. The molecule has 1 N–H and O–H groups in total. The summed E-state index contributed by atoms with van der Waals surface area (Å²) in [4.78, 5) is 4.36. The van der Waals surface area contributed by atoms with Crippen molar-refractivity contribution in [1.82, 2.24) is 14.8 Å². The Bertz CT molecular complexity index is 1300. The fourth-order valence-electron chi connectivity index (χ4n) is 3.70. The maximum atomic E-state index is 6.06. The molecule has 0 radical (unpaired) electrons. The summed E-state index contributed by atoms with van der Waals surface area (Å²) in [7, 11) is 1.63. The van der Waals surface area contributed by atoms with Gasteiger partial charge in [-0.25, -0.2) is 4.68 Å². The summed E-state index contributed by atoms with van der Waals surface area (Å²) in [5, 5.41) is 9.13. The van der Waals surface area contributed by atoms with E-state index in [-0.39, 0.29) is 6.04 Å². The van der Waals surface area contributed by atoms with E-state index in [2.05, 4.69) is 21.5 Å². The normalized spacial score (nSPS) is 14.8. The zero-order chi connectivity index (χ0) is 22.8. The van der Waals surface area contributed by atoms with E-state index in [0.29, 0.717) is 34.1 Å². The number of hydrogen-bond acceptors (Lipinski definition) is 5. The average molecular weight is 479 g/mol. The Morgan fingerprint density at radius 3 is 2.39 bits per heavy atom. The minimum atomic E-state index is -0.173. The molecule has 33 heavy (non-hydrogen) atoms. The SMILES string of the molecule is COc1cc([C@@H]2C=C(c3ccc(Cl)cc3)Nc3ncnn32)ccc1OCc1ccc(Cl)cc1. The lowest BCUT2D eigenvalue weighted by atomic mass is 10.0. The van der Waals surface area contributed by atoms with Gasteiger partial charge < -0.3 is 14.8 Å². The molecule has 4 aromatic rings. The van der Waals surface area contributed by atoms with Crippen molar-refractivity contribution in [1.29, 1.82) is 0 Å². The minimum absolute atomic E-state index is 0.173. The first-order valence-electron chi connectivity index (χ1n) is 10.3. The van der Waals surface area contributed by atoms with Gasteiger partial charge in [-0.1, -0.05) is 53.5 Å². The van der Waals surface area contributed by atoms with Crippen molar-refractivity contribution in [3.8, 4) is 11.5 Å². The van der Waals surface area contributed by atoms with E-state index in [1.165, 1.54) is 6.33 Å². The Morgan fingerprint density at radius 1 is 0.939 bits per heavy atom. The standard InChI is InChI=1S/C25H20Cl2N4O2/c1-32-24-12-18(6-11-23(24)33-14-16-2-7-19(26)8-3-16)22-13-21(17-4-9-20(27)10-5-17)30-25-28-15-29-31(22)25/h2-13,15,22H,14H2,1H3,(H,28,29,30)/t22-/m0/s1. The smallest absolute Gasteiger partial charge is 0.226 e. The molecule has 1 aliphatic rings. The molecule has 1 atom stereocenters. The lowest BCUT2D eigenvalue weighted by Gasteiger charge is -2.25. The van der Waals surface area contributed by atoms with Gasteiger partial charge in [0.25, 0.3) is 0 Å². The van der Waals surface area contributed by atoms with Crippen molar-refractivity contribution in [2.45, 2.75) is 12.6 Å². The highest BCUT2D eigenvalue weighted by Gasteiger charge is 2.24. The summed E-state index contributed by atoms with van der Waals surface area (Å²) in [6, 6.07) is 21.0. The number of nitrogens with zero attached hydrogens (tertiary/aromatic N) is 3. The van der Waals surface area contributed by atoms with Crippen LogP contribution in [-0.2, 0) is 6.61 Å². The predicted molar refractivity (Wildman–Crippen MR) is 130 cm³/mol. The van der Waals surface area contributed by atoms with Crippen LogP contribution in [0.2, 0.25) is 10.0 Å². The minimum Gasteiger partial charge on any atom is -0.493 e. The lowest BCUT2D eigenvalue weighted by molar-refractivity contribution is 0.284. The molecule has 0 spiro atoms. The Morgan fingerprint density at radius 2 is 1.67 bits per heavy atom. The van der Waals surface area contributed by atoms with Crippen molar-refractivity contribution in [3.05, 3.63) is 106 Å². The summed E-state index contributed by atoms with van der Waals surface area (Å²) >= 11 is 12.0. The van der Waals surface area contributed by atoms with Gasteiger partial charge in [0, 0.05) is 15.7 Å². The number of fused-ring (bicyclic) bond motifs is 1. The molecule has 0 amide bonds. The molecule has 5 rings (SSSR count). The molecule has 0 fully saturated rings. The van der Waals surface area contributed by atoms with Gasteiger partial charge in [-0.2, -0.15) is 10.1 Å². The Kier molecular flexibility index (Phi) is 5.94. The van der Waals surface area contributed by atoms with Crippen molar-refractivity contribution in [3.63, 3.8) is 0 Å². The van der Waals surface area contributed by atoms with E-state index in [4.69, 9.17) is 32.7 Å². The zero-order valence-corrected chi connectivity index (χ0v) is 19.2. The third kappa shape index (κ3) is 4.53. The monoisotopic (exact) mass is 478 g/mol. The van der Waals surface area contributed by atoms with Crippen LogP contribution >= 0.6 is 23.2 Å². The van der Waals surface area contributed by atoms with Crippen molar-refractivity contribution in [2.24, 2.45) is 0 Å². The van der Waals surface area contributed by atoms with Crippen LogP contribution in [0.3, 0.4) is 0 Å². The predicted octanol–water partition coefficient (Wildman–Crippen LogP) is 6.23. The topological polar surface area (TPSA) is 61.2 Å². The number of anilines is 1. The van der Waals surface area contributed by atoms with E-state index < -0.39 is 0 Å². The number of halogens is 2. The van der Waals surface area contributed by atoms with Crippen molar-refractivity contribution < 1.29 is 9.47 Å². The number of hydrogen-bond donors (Lipinski definition) is 1. The second-order valence-electron chi connectivity index (χ2n) is 7.51. The highest BCUT2D eigenvalue weighted by Crippen LogP contribution is 2.36. The first-order valence-corrected chi connectivity index (χ1v) is 11.1. The summed E-state index contributed by atoms with van der Waals surface area (Å²) in [6.45, 7) is 0.411. The van der Waals surface area contributed by atoms with E-state index >= 15 is 0 Å². The Labute approximate surface area is 201 Å². The molecular weight excluding hydrogens is 459 g/mol. The van der Waals surface area contributed by atoms with Crippen LogP contribution < -0.4 is 14.8 Å². The van der Waals surface area contributed by atoms with Gasteiger partial charge >= 0.3 is 0 Å². The van der Waals surface area contributed by atoms with Crippen molar-refractivity contribution >= 4 is 34.8 Å². The number of nitrogens with one attached hydrogen (secondary N) is 1. The summed E-state index contributed by atoms with van der Waals surface area (Å²) in [5.74, 6) is 1.96. The van der Waals surface area contributed by atoms with Gasteiger partial charge in [-0.3, -0.25) is 0 Å². The fourth-order valence-corrected chi connectivity index (χ4v) is 3.95. The Balaban J connectivity index is 1.44. The molecule has 166 valence electrons. The van der Waals surface area contributed by atoms with Crippen LogP contribution in [0.1, 0.15) is 22.7 Å².